The van der Waals surface area contributed by atoms with E-state index in [1.807, 2.05) is 13.0 Å². The number of rotatable bonds is 3. The lowest BCUT2D eigenvalue weighted by Gasteiger charge is -2.19. The molecule has 1 N–H and O–H groups in total. The summed E-state index contributed by atoms with van der Waals surface area (Å²) in [5.74, 6) is 1.50. The number of para-hydroxylation sites is 1. The molecule has 1 unspecified atom stereocenters. The van der Waals surface area contributed by atoms with Crippen LogP contribution in [-0.4, -0.2) is 29.1 Å². The van der Waals surface area contributed by atoms with E-state index in [2.05, 4.69) is 44.5 Å². The predicted octanol–water partition coefficient (Wildman–Crippen LogP) is 3.13. The van der Waals surface area contributed by atoms with Crippen LogP contribution in [0.25, 0.3) is 0 Å². The van der Waals surface area contributed by atoms with Crippen molar-refractivity contribution in [1.82, 2.24) is 9.97 Å². The third-order valence-corrected chi connectivity index (χ3v) is 3.66. The molecule has 5 heteroatoms. The molecule has 4 nitrogen and oxygen atoms in total. The maximum Gasteiger partial charge on any atom is 0.134 e. The number of benzene rings is 1. The fraction of sp³-hybridized carbons (Fsp3) is 0.333. The smallest absolute Gasteiger partial charge is 0.134 e. The summed E-state index contributed by atoms with van der Waals surface area (Å²) < 4.78 is 0. The first-order valence-corrected chi connectivity index (χ1v) is 7.16. The Balaban J connectivity index is 1.66. The molecule has 1 aromatic carbocycles. The molecule has 0 amide bonds. The van der Waals surface area contributed by atoms with Crippen molar-refractivity contribution in [2.75, 3.05) is 23.3 Å². The summed E-state index contributed by atoms with van der Waals surface area (Å²) in [5.41, 5.74) is 1.27. The molecule has 104 valence electrons. The Bertz CT molecular complexity index is 567. The van der Waals surface area contributed by atoms with Crippen molar-refractivity contribution in [2.45, 2.75) is 19.4 Å². The number of halogens is 1. The molecule has 0 bridgehead atoms. The number of hydrogen-bond donors (Lipinski definition) is 1. The maximum atomic E-state index is 5.96. The van der Waals surface area contributed by atoms with E-state index in [4.69, 9.17) is 11.6 Å². The van der Waals surface area contributed by atoms with E-state index in [9.17, 15) is 0 Å². The van der Waals surface area contributed by atoms with Gasteiger partial charge < -0.3 is 10.2 Å². The van der Waals surface area contributed by atoms with Crippen LogP contribution in [0, 0.1) is 6.92 Å². The first-order chi connectivity index (χ1) is 9.70. The third kappa shape index (κ3) is 3.02. The molecule has 20 heavy (non-hydrogen) atoms. The van der Waals surface area contributed by atoms with Crippen LogP contribution < -0.4 is 10.2 Å². The Morgan fingerprint density at radius 3 is 2.80 bits per heavy atom. The van der Waals surface area contributed by atoms with Crippen molar-refractivity contribution < 1.29 is 0 Å². The minimum absolute atomic E-state index is 0.389. The van der Waals surface area contributed by atoms with Gasteiger partial charge in [-0.2, -0.15) is 0 Å². The van der Waals surface area contributed by atoms with Gasteiger partial charge in [0, 0.05) is 30.9 Å². The normalized spacial score (nSPS) is 18.3. The van der Waals surface area contributed by atoms with Gasteiger partial charge in [0.15, 0.2) is 0 Å². The van der Waals surface area contributed by atoms with Crippen molar-refractivity contribution in [3.63, 3.8) is 0 Å². The largest absolute Gasteiger partial charge is 0.369 e. The lowest BCUT2D eigenvalue weighted by atomic mass is 10.2. The Morgan fingerprint density at radius 1 is 1.25 bits per heavy atom. The van der Waals surface area contributed by atoms with Crippen LogP contribution in [0.5, 0.6) is 0 Å². The van der Waals surface area contributed by atoms with Gasteiger partial charge in [0.05, 0.1) is 0 Å². The van der Waals surface area contributed by atoms with E-state index in [1.54, 1.807) is 6.07 Å². The van der Waals surface area contributed by atoms with Crippen LogP contribution in [0.2, 0.25) is 5.15 Å². The number of hydrogen-bond acceptors (Lipinski definition) is 4. The van der Waals surface area contributed by atoms with Crippen molar-refractivity contribution in [3.05, 3.63) is 47.4 Å². The number of aromatic nitrogens is 2. The van der Waals surface area contributed by atoms with Gasteiger partial charge in [0.25, 0.3) is 0 Å². The third-order valence-electron chi connectivity index (χ3n) is 3.47. The Kier molecular flexibility index (Phi) is 3.74. The fourth-order valence-electron chi connectivity index (χ4n) is 2.57. The van der Waals surface area contributed by atoms with Gasteiger partial charge in [-0.1, -0.05) is 29.8 Å². The quantitative estimate of drug-likeness (QED) is 0.881. The van der Waals surface area contributed by atoms with Gasteiger partial charge in [-0.25, -0.2) is 9.97 Å². The number of aryl methyl sites for hydroxylation is 1. The second kappa shape index (κ2) is 5.67. The van der Waals surface area contributed by atoms with Gasteiger partial charge in [0.2, 0.25) is 0 Å². The molecule has 1 aliphatic rings. The van der Waals surface area contributed by atoms with Gasteiger partial charge in [-0.3, -0.25) is 0 Å². The molecule has 1 atom stereocenters. The molecule has 1 aromatic heterocycles. The SMILES string of the molecule is Cc1nc(Cl)cc(NC2CCN(c3ccccc3)C2)n1. The molecular formula is C15H17ClN4. The summed E-state index contributed by atoms with van der Waals surface area (Å²) in [6.07, 6.45) is 1.09. The van der Waals surface area contributed by atoms with E-state index in [1.165, 1.54) is 5.69 Å². The standard InChI is InChI=1S/C15H17ClN4/c1-11-17-14(16)9-15(18-11)19-12-7-8-20(10-12)13-5-3-2-4-6-13/h2-6,9,12H,7-8,10H2,1H3,(H,17,18,19). The zero-order valence-corrected chi connectivity index (χ0v) is 12.1. The average molecular weight is 289 g/mol. The molecule has 1 aliphatic heterocycles. The highest BCUT2D eigenvalue weighted by atomic mass is 35.5. The van der Waals surface area contributed by atoms with Gasteiger partial charge in [0.1, 0.15) is 16.8 Å². The van der Waals surface area contributed by atoms with Crippen molar-refractivity contribution in [2.24, 2.45) is 0 Å². The van der Waals surface area contributed by atoms with E-state index < -0.39 is 0 Å². The first kappa shape index (κ1) is 13.2. The van der Waals surface area contributed by atoms with E-state index in [0.717, 1.165) is 25.3 Å². The molecule has 0 radical (unpaired) electrons. The predicted molar refractivity (Wildman–Crippen MR) is 82.5 cm³/mol. The zero-order valence-electron chi connectivity index (χ0n) is 11.4. The highest BCUT2D eigenvalue weighted by Crippen LogP contribution is 2.22. The van der Waals surface area contributed by atoms with Crippen LogP contribution >= 0.6 is 11.6 Å². The summed E-state index contributed by atoms with van der Waals surface area (Å²) >= 11 is 5.96. The second-order valence-electron chi connectivity index (χ2n) is 5.03. The van der Waals surface area contributed by atoms with Gasteiger partial charge >= 0.3 is 0 Å². The molecule has 1 saturated heterocycles. The lowest BCUT2D eigenvalue weighted by Crippen LogP contribution is -2.26. The Hall–Kier alpha value is -1.81. The summed E-state index contributed by atoms with van der Waals surface area (Å²) in [5, 5.41) is 3.93. The monoisotopic (exact) mass is 288 g/mol. The highest BCUT2D eigenvalue weighted by molar-refractivity contribution is 6.29. The van der Waals surface area contributed by atoms with Crippen LogP contribution in [0.15, 0.2) is 36.4 Å². The topological polar surface area (TPSA) is 41.1 Å². The van der Waals surface area contributed by atoms with Gasteiger partial charge in [-0.15, -0.1) is 0 Å². The minimum Gasteiger partial charge on any atom is -0.369 e. The number of anilines is 2. The van der Waals surface area contributed by atoms with Crippen LogP contribution in [0.3, 0.4) is 0 Å². The van der Waals surface area contributed by atoms with Crippen LogP contribution in [-0.2, 0) is 0 Å². The van der Waals surface area contributed by atoms with Crippen LogP contribution in [0.1, 0.15) is 12.2 Å². The molecule has 1 fully saturated rings. The van der Waals surface area contributed by atoms with E-state index in [-0.39, 0.29) is 0 Å². The second-order valence-corrected chi connectivity index (χ2v) is 5.42. The lowest BCUT2D eigenvalue weighted by molar-refractivity contribution is 0.797. The highest BCUT2D eigenvalue weighted by Gasteiger charge is 2.22. The van der Waals surface area contributed by atoms with Crippen molar-refractivity contribution in [3.8, 4) is 0 Å². The van der Waals surface area contributed by atoms with E-state index in [0.29, 0.717) is 17.0 Å². The molecule has 2 aromatic rings. The van der Waals surface area contributed by atoms with Gasteiger partial charge in [-0.05, 0) is 25.5 Å². The summed E-state index contributed by atoms with van der Waals surface area (Å²) in [7, 11) is 0. The molecule has 0 saturated carbocycles. The number of nitrogens with one attached hydrogen (secondary N) is 1. The Labute approximate surface area is 123 Å². The summed E-state index contributed by atoms with van der Waals surface area (Å²) in [4.78, 5) is 10.8. The molecule has 2 heterocycles. The van der Waals surface area contributed by atoms with E-state index >= 15 is 0 Å². The first-order valence-electron chi connectivity index (χ1n) is 6.78. The van der Waals surface area contributed by atoms with Crippen molar-refractivity contribution >= 4 is 23.1 Å². The van der Waals surface area contributed by atoms with Crippen molar-refractivity contribution in [1.29, 1.82) is 0 Å². The zero-order chi connectivity index (χ0) is 13.9. The minimum atomic E-state index is 0.389. The molecule has 0 aliphatic carbocycles. The maximum absolute atomic E-state index is 5.96. The summed E-state index contributed by atoms with van der Waals surface area (Å²) in [6, 6.07) is 12.6. The molecular weight excluding hydrogens is 272 g/mol. The average Bonchev–Trinajstić information content (AvgIpc) is 2.87. The molecule has 0 spiro atoms. The summed E-state index contributed by atoms with van der Waals surface area (Å²) in [6.45, 7) is 3.88. The molecule has 3 rings (SSSR count). The number of nitrogens with zero attached hydrogens (tertiary/aromatic N) is 3. The van der Waals surface area contributed by atoms with Crippen LogP contribution in [0.4, 0.5) is 11.5 Å². The Morgan fingerprint density at radius 2 is 2.05 bits per heavy atom. The fourth-order valence-corrected chi connectivity index (χ4v) is 2.79.